The zero-order valence-electron chi connectivity index (χ0n) is 15.2. The van der Waals surface area contributed by atoms with Gasteiger partial charge >= 0.3 is 0 Å². The quantitative estimate of drug-likeness (QED) is 0.714. The van der Waals surface area contributed by atoms with Crippen LogP contribution >= 0.6 is 11.3 Å². The Balaban J connectivity index is 1.48. The highest BCUT2D eigenvalue weighted by Gasteiger charge is 2.26. The molecule has 2 heterocycles. The molecule has 0 aliphatic carbocycles. The van der Waals surface area contributed by atoms with Crippen molar-refractivity contribution >= 4 is 17.2 Å². The minimum absolute atomic E-state index is 0.125. The molecule has 2 aromatic carbocycles. The van der Waals surface area contributed by atoms with Crippen molar-refractivity contribution in [3.63, 3.8) is 0 Å². The molecule has 0 saturated heterocycles. The fourth-order valence-corrected chi connectivity index (χ4v) is 3.83. The van der Waals surface area contributed by atoms with Gasteiger partial charge in [-0.2, -0.15) is 0 Å². The number of nitrogens with one attached hydrogen (secondary N) is 1. The van der Waals surface area contributed by atoms with Crippen LogP contribution < -0.4 is 10.1 Å². The lowest BCUT2D eigenvalue weighted by Gasteiger charge is -2.24. The molecule has 0 saturated carbocycles. The molecule has 1 amide bonds. The van der Waals surface area contributed by atoms with Crippen molar-refractivity contribution < 1.29 is 13.9 Å². The van der Waals surface area contributed by atoms with Crippen molar-refractivity contribution in [3.05, 3.63) is 82.1 Å². The Kier molecular flexibility index (Phi) is 5.64. The van der Waals surface area contributed by atoms with E-state index in [0.29, 0.717) is 36.6 Å². The van der Waals surface area contributed by atoms with Gasteiger partial charge in [-0.3, -0.25) is 14.7 Å². The fraction of sp³-hybridized carbons (Fsp3) is 0.238. The van der Waals surface area contributed by atoms with Gasteiger partial charge in [0.15, 0.2) is 0 Å². The molecule has 5 nitrogen and oxygen atoms in total. The molecule has 0 bridgehead atoms. The summed E-state index contributed by atoms with van der Waals surface area (Å²) in [5, 5.41) is 2.92. The highest BCUT2D eigenvalue weighted by molar-refractivity contribution is 7.11. The van der Waals surface area contributed by atoms with E-state index in [1.54, 1.807) is 23.8 Å². The normalized spacial score (nSPS) is 16.7. The van der Waals surface area contributed by atoms with Gasteiger partial charge in [0.1, 0.15) is 22.5 Å². The summed E-state index contributed by atoms with van der Waals surface area (Å²) in [7, 11) is 0. The molecule has 1 atom stereocenters. The van der Waals surface area contributed by atoms with Crippen LogP contribution in [0, 0.1) is 5.82 Å². The third kappa shape index (κ3) is 4.21. The molecule has 1 aliphatic rings. The van der Waals surface area contributed by atoms with Crippen molar-refractivity contribution in [2.24, 2.45) is 0 Å². The van der Waals surface area contributed by atoms with Crippen LogP contribution in [0.2, 0.25) is 0 Å². The summed E-state index contributed by atoms with van der Waals surface area (Å²) in [6.07, 6.45) is 1.14. The minimum Gasteiger partial charge on any atom is -0.484 e. The van der Waals surface area contributed by atoms with Gasteiger partial charge in [-0.15, -0.1) is 11.3 Å². The first-order valence-corrected chi connectivity index (χ1v) is 9.96. The van der Waals surface area contributed by atoms with E-state index in [4.69, 9.17) is 4.74 Å². The van der Waals surface area contributed by atoms with Crippen LogP contribution in [0.4, 0.5) is 4.39 Å². The van der Waals surface area contributed by atoms with Crippen molar-refractivity contribution in [2.75, 3.05) is 19.6 Å². The first-order chi connectivity index (χ1) is 13.7. The van der Waals surface area contributed by atoms with Crippen molar-refractivity contribution in [1.29, 1.82) is 0 Å². The standard InChI is InChI=1S/C21H20FN3O2S/c22-17-7-3-2-6-16(17)19-13-25(12-15-5-1-4-8-18(15)27-19)10-9-24-21(26)20-11-23-14-28-20/h1-8,11,14,19H,9-10,12-13H2,(H,24,26). The van der Waals surface area contributed by atoms with E-state index < -0.39 is 6.10 Å². The Morgan fingerprint density at radius 3 is 2.89 bits per heavy atom. The summed E-state index contributed by atoms with van der Waals surface area (Å²) < 4.78 is 20.5. The lowest BCUT2D eigenvalue weighted by molar-refractivity contribution is 0.0946. The SMILES string of the molecule is O=C(NCCN1Cc2ccccc2OC(c2ccccc2F)C1)c1cncs1. The van der Waals surface area contributed by atoms with E-state index in [9.17, 15) is 9.18 Å². The molecule has 7 heteroatoms. The van der Waals surface area contributed by atoms with Gasteiger partial charge in [-0.25, -0.2) is 4.39 Å². The number of ether oxygens (including phenoxy) is 1. The zero-order chi connectivity index (χ0) is 19.3. The van der Waals surface area contributed by atoms with E-state index in [2.05, 4.69) is 15.2 Å². The van der Waals surface area contributed by atoms with Gasteiger partial charge in [0.25, 0.3) is 5.91 Å². The second-order valence-corrected chi connectivity index (χ2v) is 7.48. The third-order valence-corrected chi connectivity index (χ3v) is 5.45. The molecule has 1 aromatic heterocycles. The monoisotopic (exact) mass is 397 g/mol. The molecule has 1 N–H and O–H groups in total. The van der Waals surface area contributed by atoms with Crippen molar-refractivity contribution in [2.45, 2.75) is 12.6 Å². The van der Waals surface area contributed by atoms with E-state index >= 15 is 0 Å². The summed E-state index contributed by atoms with van der Waals surface area (Å²) in [6, 6.07) is 14.5. The van der Waals surface area contributed by atoms with Crippen molar-refractivity contribution in [3.8, 4) is 5.75 Å². The molecule has 1 aliphatic heterocycles. The van der Waals surface area contributed by atoms with Crippen LogP contribution in [0.1, 0.15) is 26.9 Å². The Morgan fingerprint density at radius 2 is 2.07 bits per heavy atom. The maximum absolute atomic E-state index is 14.4. The molecule has 1 unspecified atom stereocenters. The maximum atomic E-state index is 14.4. The molecule has 0 spiro atoms. The number of nitrogens with zero attached hydrogens (tertiary/aromatic N) is 2. The number of carbonyl (C=O) groups excluding carboxylic acids is 1. The van der Waals surface area contributed by atoms with Gasteiger partial charge in [-0.05, 0) is 12.1 Å². The summed E-state index contributed by atoms with van der Waals surface area (Å²) in [6.45, 7) is 2.33. The average molecular weight is 397 g/mol. The highest BCUT2D eigenvalue weighted by Crippen LogP contribution is 2.31. The first-order valence-electron chi connectivity index (χ1n) is 9.09. The van der Waals surface area contributed by atoms with Crippen LogP contribution in [0.25, 0.3) is 0 Å². The largest absolute Gasteiger partial charge is 0.484 e. The van der Waals surface area contributed by atoms with E-state index in [1.165, 1.54) is 17.4 Å². The Bertz CT molecular complexity index is 948. The van der Waals surface area contributed by atoms with Gasteiger partial charge in [0.2, 0.25) is 0 Å². The molecule has 144 valence electrons. The van der Waals surface area contributed by atoms with Crippen LogP contribution in [0.3, 0.4) is 0 Å². The number of rotatable bonds is 5. The minimum atomic E-state index is -0.415. The van der Waals surface area contributed by atoms with Gasteiger partial charge in [-0.1, -0.05) is 36.4 Å². The number of carbonyl (C=O) groups is 1. The molecule has 3 aromatic rings. The van der Waals surface area contributed by atoms with Crippen LogP contribution in [-0.4, -0.2) is 35.4 Å². The fourth-order valence-electron chi connectivity index (χ4n) is 3.29. The number of fused-ring (bicyclic) bond motifs is 1. The first kappa shape index (κ1) is 18.6. The number of hydrogen-bond acceptors (Lipinski definition) is 5. The van der Waals surface area contributed by atoms with E-state index in [0.717, 1.165) is 11.3 Å². The second-order valence-electron chi connectivity index (χ2n) is 6.59. The molecular weight excluding hydrogens is 377 g/mol. The number of para-hydroxylation sites is 1. The predicted molar refractivity (Wildman–Crippen MR) is 106 cm³/mol. The average Bonchev–Trinajstić information content (AvgIpc) is 3.17. The van der Waals surface area contributed by atoms with Crippen molar-refractivity contribution in [1.82, 2.24) is 15.2 Å². The molecule has 0 fully saturated rings. The second kappa shape index (κ2) is 8.50. The molecule has 0 radical (unpaired) electrons. The van der Waals surface area contributed by atoms with Gasteiger partial charge in [0, 0.05) is 37.3 Å². The van der Waals surface area contributed by atoms with Gasteiger partial charge in [0.05, 0.1) is 11.7 Å². The predicted octanol–water partition coefficient (Wildman–Crippen LogP) is 3.65. The molecular formula is C21H20FN3O2S. The smallest absolute Gasteiger partial charge is 0.263 e. The Hall–Kier alpha value is -2.77. The number of thiazole rings is 1. The lowest BCUT2D eigenvalue weighted by Crippen LogP contribution is -2.36. The van der Waals surface area contributed by atoms with E-state index in [1.807, 2.05) is 30.3 Å². The summed E-state index contributed by atoms with van der Waals surface area (Å²) in [5.74, 6) is 0.372. The molecule has 4 rings (SSSR count). The number of halogens is 1. The number of hydrogen-bond donors (Lipinski definition) is 1. The topological polar surface area (TPSA) is 54.5 Å². The van der Waals surface area contributed by atoms with Gasteiger partial charge < -0.3 is 10.1 Å². The van der Waals surface area contributed by atoms with Crippen LogP contribution in [-0.2, 0) is 6.54 Å². The zero-order valence-corrected chi connectivity index (χ0v) is 16.0. The maximum Gasteiger partial charge on any atom is 0.263 e. The Morgan fingerprint density at radius 1 is 1.25 bits per heavy atom. The third-order valence-electron chi connectivity index (χ3n) is 4.68. The van der Waals surface area contributed by atoms with Crippen LogP contribution in [0.5, 0.6) is 5.75 Å². The number of benzene rings is 2. The summed E-state index contributed by atoms with van der Waals surface area (Å²) >= 11 is 1.31. The highest BCUT2D eigenvalue weighted by atomic mass is 32.1. The Labute approximate surface area is 166 Å². The molecule has 28 heavy (non-hydrogen) atoms. The summed E-state index contributed by atoms with van der Waals surface area (Å²) in [5.41, 5.74) is 3.23. The van der Waals surface area contributed by atoms with Crippen LogP contribution in [0.15, 0.2) is 60.2 Å². The lowest BCUT2D eigenvalue weighted by atomic mass is 10.1. The number of aromatic nitrogens is 1. The summed E-state index contributed by atoms with van der Waals surface area (Å²) in [4.78, 5) is 18.8. The number of amides is 1. The van der Waals surface area contributed by atoms with E-state index in [-0.39, 0.29) is 11.7 Å².